The molecule has 0 fully saturated rings. The highest BCUT2D eigenvalue weighted by Gasteiger charge is 2.19. The zero-order valence-corrected chi connectivity index (χ0v) is 10.6. The highest BCUT2D eigenvalue weighted by atomic mass is 35.5. The summed E-state index contributed by atoms with van der Waals surface area (Å²) < 4.78 is 5.88. The molecule has 1 aromatic rings. The monoisotopic (exact) mass is 229 g/mol. The standard InChI is InChI=1S/C10H16ClNOSi/c1-14(2,3)13-10-8(7-12)5-4-6-9(10)11/h4-6H,7,12H2,1-3H3. The molecule has 0 aliphatic heterocycles. The van der Waals surface area contributed by atoms with E-state index in [4.69, 9.17) is 21.8 Å². The molecule has 0 bridgehead atoms. The largest absolute Gasteiger partial charge is 0.543 e. The first kappa shape index (κ1) is 11.6. The molecule has 0 aliphatic rings. The van der Waals surface area contributed by atoms with Crippen LogP contribution < -0.4 is 10.2 Å². The zero-order valence-electron chi connectivity index (χ0n) is 8.80. The van der Waals surface area contributed by atoms with E-state index in [1.54, 1.807) is 0 Å². The molecule has 4 heteroatoms. The number of benzene rings is 1. The van der Waals surface area contributed by atoms with E-state index < -0.39 is 8.32 Å². The number of hydrogen-bond donors (Lipinski definition) is 1. The van der Waals surface area contributed by atoms with E-state index in [2.05, 4.69) is 19.6 Å². The molecule has 0 atom stereocenters. The molecular weight excluding hydrogens is 214 g/mol. The summed E-state index contributed by atoms with van der Waals surface area (Å²) in [5, 5.41) is 0.648. The molecule has 1 aromatic carbocycles. The van der Waals surface area contributed by atoms with E-state index in [1.165, 1.54) is 0 Å². The highest BCUT2D eigenvalue weighted by Crippen LogP contribution is 2.30. The van der Waals surface area contributed by atoms with Gasteiger partial charge >= 0.3 is 0 Å². The lowest BCUT2D eigenvalue weighted by molar-refractivity contribution is 0.550. The Balaban J connectivity index is 3.05. The van der Waals surface area contributed by atoms with Crippen LogP contribution in [0.15, 0.2) is 18.2 Å². The van der Waals surface area contributed by atoms with Crippen LogP contribution in [0.2, 0.25) is 24.7 Å². The van der Waals surface area contributed by atoms with Crippen LogP contribution in [0.25, 0.3) is 0 Å². The van der Waals surface area contributed by atoms with Crippen LogP contribution in [-0.2, 0) is 6.54 Å². The summed E-state index contributed by atoms with van der Waals surface area (Å²) in [6, 6.07) is 5.67. The summed E-state index contributed by atoms with van der Waals surface area (Å²) in [5.41, 5.74) is 6.59. The molecule has 2 N–H and O–H groups in total. The molecule has 0 spiro atoms. The van der Waals surface area contributed by atoms with E-state index in [1.807, 2.05) is 18.2 Å². The average molecular weight is 230 g/mol. The molecule has 0 aliphatic carbocycles. The van der Waals surface area contributed by atoms with E-state index in [-0.39, 0.29) is 0 Å². The van der Waals surface area contributed by atoms with Gasteiger partial charge in [-0.15, -0.1) is 0 Å². The summed E-state index contributed by atoms with van der Waals surface area (Å²) in [6.07, 6.45) is 0. The Morgan fingerprint density at radius 3 is 2.50 bits per heavy atom. The van der Waals surface area contributed by atoms with Crippen LogP contribution in [0.5, 0.6) is 5.75 Å². The molecule has 0 unspecified atom stereocenters. The van der Waals surface area contributed by atoms with Gasteiger partial charge in [0.2, 0.25) is 8.32 Å². The topological polar surface area (TPSA) is 35.2 Å². The first-order valence-corrected chi connectivity index (χ1v) is 8.39. The smallest absolute Gasteiger partial charge is 0.242 e. The minimum absolute atomic E-state index is 0.459. The van der Waals surface area contributed by atoms with Crippen molar-refractivity contribution in [2.75, 3.05) is 0 Å². The lowest BCUT2D eigenvalue weighted by atomic mass is 10.2. The van der Waals surface area contributed by atoms with Crippen molar-refractivity contribution in [1.82, 2.24) is 0 Å². The number of nitrogens with two attached hydrogens (primary N) is 1. The molecule has 14 heavy (non-hydrogen) atoms. The van der Waals surface area contributed by atoms with Crippen LogP contribution in [0.4, 0.5) is 0 Å². The normalized spacial score (nSPS) is 11.5. The predicted molar refractivity (Wildman–Crippen MR) is 63.3 cm³/mol. The van der Waals surface area contributed by atoms with Gasteiger partial charge < -0.3 is 10.2 Å². The van der Waals surface area contributed by atoms with E-state index in [9.17, 15) is 0 Å². The van der Waals surface area contributed by atoms with Gasteiger partial charge in [0, 0.05) is 12.1 Å². The summed E-state index contributed by atoms with van der Waals surface area (Å²) in [6.45, 7) is 6.82. The maximum atomic E-state index is 6.06. The quantitative estimate of drug-likeness (QED) is 0.809. The molecule has 1 rings (SSSR count). The fourth-order valence-electron chi connectivity index (χ4n) is 1.13. The second-order valence-electron chi connectivity index (χ2n) is 4.15. The number of halogens is 1. The second-order valence-corrected chi connectivity index (χ2v) is 8.98. The lowest BCUT2D eigenvalue weighted by Gasteiger charge is -2.22. The first-order valence-electron chi connectivity index (χ1n) is 4.60. The Morgan fingerprint density at radius 1 is 1.36 bits per heavy atom. The third-order valence-corrected chi connectivity index (χ3v) is 2.79. The maximum Gasteiger partial charge on any atom is 0.242 e. The van der Waals surface area contributed by atoms with Crippen molar-refractivity contribution in [3.05, 3.63) is 28.8 Å². The number of hydrogen-bond acceptors (Lipinski definition) is 2. The van der Waals surface area contributed by atoms with Crippen LogP contribution >= 0.6 is 11.6 Å². The third-order valence-electron chi connectivity index (χ3n) is 1.68. The van der Waals surface area contributed by atoms with Crippen molar-refractivity contribution >= 4 is 19.9 Å². The van der Waals surface area contributed by atoms with E-state index in [0.717, 1.165) is 11.3 Å². The van der Waals surface area contributed by atoms with Gasteiger partial charge in [0.1, 0.15) is 5.75 Å². The molecule has 0 amide bonds. The van der Waals surface area contributed by atoms with E-state index in [0.29, 0.717) is 11.6 Å². The van der Waals surface area contributed by atoms with Crippen molar-refractivity contribution in [2.45, 2.75) is 26.2 Å². The van der Waals surface area contributed by atoms with Gasteiger partial charge in [0.25, 0.3) is 0 Å². The predicted octanol–water partition coefficient (Wildman–Crippen LogP) is 3.01. The van der Waals surface area contributed by atoms with Gasteiger partial charge in [-0.25, -0.2) is 0 Å². The second kappa shape index (κ2) is 4.34. The molecule has 2 nitrogen and oxygen atoms in total. The molecular formula is C10H16ClNOSi. The SMILES string of the molecule is C[Si](C)(C)Oc1c(Cl)cccc1CN. The Hall–Kier alpha value is -0.513. The van der Waals surface area contributed by atoms with Crippen molar-refractivity contribution in [3.8, 4) is 5.75 Å². The van der Waals surface area contributed by atoms with E-state index >= 15 is 0 Å². The van der Waals surface area contributed by atoms with Gasteiger partial charge in [0.15, 0.2) is 0 Å². The third kappa shape index (κ3) is 3.01. The molecule has 78 valence electrons. The first-order chi connectivity index (χ1) is 6.44. The minimum Gasteiger partial charge on any atom is -0.543 e. The van der Waals surface area contributed by atoms with Gasteiger partial charge in [0.05, 0.1) is 5.02 Å². The van der Waals surface area contributed by atoms with Gasteiger partial charge in [-0.3, -0.25) is 0 Å². The Kier molecular flexibility index (Phi) is 3.58. The van der Waals surface area contributed by atoms with Crippen LogP contribution in [0, 0.1) is 0 Å². The summed E-state index contributed by atoms with van der Waals surface area (Å²) in [5.74, 6) is 0.760. The summed E-state index contributed by atoms with van der Waals surface area (Å²) in [4.78, 5) is 0. The minimum atomic E-state index is -1.62. The zero-order chi connectivity index (χ0) is 10.8. The van der Waals surface area contributed by atoms with Gasteiger partial charge in [-0.1, -0.05) is 23.7 Å². The summed E-state index contributed by atoms with van der Waals surface area (Å²) in [7, 11) is -1.62. The summed E-state index contributed by atoms with van der Waals surface area (Å²) >= 11 is 6.06. The fraction of sp³-hybridized carbons (Fsp3) is 0.400. The van der Waals surface area contributed by atoms with Crippen molar-refractivity contribution in [3.63, 3.8) is 0 Å². The lowest BCUT2D eigenvalue weighted by Crippen LogP contribution is -2.30. The molecule has 0 radical (unpaired) electrons. The van der Waals surface area contributed by atoms with Gasteiger partial charge in [-0.2, -0.15) is 0 Å². The molecule has 0 heterocycles. The van der Waals surface area contributed by atoms with Gasteiger partial charge in [-0.05, 0) is 25.7 Å². The van der Waals surface area contributed by atoms with Crippen LogP contribution in [0.3, 0.4) is 0 Å². The van der Waals surface area contributed by atoms with Crippen LogP contribution in [0.1, 0.15) is 5.56 Å². The number of rotatable bonds is 3. The van der Waals surface area contributed by atoms with Crippen molar-refractivity contribution in [2.24, 2.45) is 5.73 Å². The maximum absolute atomic E-state index is 6.06. The van der Waals surface area contributed by atoms with Crippen LogP contribution in [-0.4, -0.2) is 8.32 Å². The van der Waals surface area contributed by atoms with Crippen molar-refractivity contribution in [1.29, 1.82) is 0 Å². The average Bonchev–Trinajstić information content (AvgIpc) is 2.06. The molecule has 0 saturated heterocycles. The molecule has 0 aromatic heterocycles. The highest BCUT2D eigenvalue weighted by molar-refractivity contribution is 6.70. The molecule has 0 saturated carbocycles. The number of para-hydroxylation sites is 1. The Labute approximate surface area is 91.2 Å². The van der Waals surface area contributed by atoms with Crippen molar-refractivity contribution < 1.29 is 4.43 Å². The fourth-order valence-corrected chi connectivity index (χ4v) is 2.29. The Bertz CT molecular complexity index is 322. The Morgan fingerprint density at radius 2 is 2.00 bits per heavy atom.